The van der Waals surface area contributed by atoms with Crippen molar-refractivity contribution in [1.82, 2.24) is 10.5 Å². The van der Waals surface area contributed by atoms with E-state index >= 15 is 0 Å². The number of hydrogen-bond donors (Lipinski definition) is 1. The van der Waals surface area contributed by atoms with E-state index in [2.05, 4.69) is 10.5 Å². The van der Waals surface area contributed by atoms with Gasteiger partial charge in [-0.2, -0.15) is 0 Å². The zero-order chi connectivity index (χ0) is 15.4. The second-order valence-corrected chi connectivity index (χ2v) is 5.11. The number of carbonyl (C=O) groups is 2. The van der Waals surface area contributed by atoms with E-state index in [9.17, 15) is 9.59 Å². The Bertz CT molecular complexity index is 648. The van der Waals surface area contributed by atoms with Crippen molar-refractivity contribution in [3.05, 3.63) is 30.0 Å². The van der Waals surface area contributed by atoms with Crippen LogP contribution in [-0.4, -0.2) is 30.2 Å². The van der Waals surface area contributed by atoms with E-state index in [4.69, 9.17) is 9.26 Å². The summed E-state index contributed by atoms with van der Waals surface area (Å²) in [5, 5.41) is 7.37. The Morgan fingerprint density at radius 1 is 1.33 bits per heavy atom. The molecule has 0 saturated carbocycles. The van der Waals surface area contributed by atoms with E-state index in [1.54, 1.807) is 6.07 Å². The van der Waals surface area contributed by atoms with E-state index in [-0.39, 0.29) is 18.2 Å². The van der Waals surface area contributed by atoms with Crippen LogP contribution < -0.4 is 5.32 Å². The zero-order valence-corrected chi connectivity index (χ0v) is 12.3. The lowest BCUT2D eigenvalue weighted by Gasteiger charge is -2.19. The van der Waals surface area contributed by atoms with Gasteiger partial charge in [-0.1, -0.05) is 31.1 Å². The molecule has 0 saturated heterocycles. The molecule has 0 aliphatic carbocycles. The highest BCUT2D eigenvalue weighted by molar-refractivity contribution is 5.89. The maximum Gasteiger partial charge on any atom is 0.328 e. The number of esters is 1. The first-order chi connectivity index (χ1) is 10.0. The van der Waals surface area contributed by atoms with Crippen LogP contribution in [0.3, 0.4) is 0 Å². The molecule has 0 spiro atoms. The second kappa shape index (κ2) is 6.39. The van der Waals surface area contributed by atoms with Crippen LogP contribution in [0.15, 0.2) is 28.8 Å². The summed E-state index contributed by atoms with van der Waals surface area (Å²) in [6.45, 7) is 3.68. The number of benzene rings is 1. The molecule has 1 unspecified atom stereocenters. The number of amides is 1. The second-order valence-electron chi connectivity index (χ2n) is 5.11. The zero-order valence-electron chi connectivity index (χ0n) is 12.3. The smallest absolute Gasteiger partial charge is 0.328 e. The minimum atomic E-state index is -0.666. The van der Waals surface area contributed by atoms with Gasteiger partial charge in [0.15, 0.2) is 5.58 Å². The highest BCUT2D eigenvalue weighted by Crippen LogP contribution is 2.18. The average Bonchev–Trinajstić information content (AvgIpc) is 2.87. The fourth-order valence-electron chi connectivity index (χ4n) is 2.07. The molecule has 6 nitrogen and oxygen atoms in total. The van der Waals surface area contributed by atoms with Crippen molar-refractivity contribution in [3.63, 3.8) is 0 Å². The van der Waals surface area contributed by atoms with Crippen molar-refractivity contribution in [2.45, 2.75) is 26.3 Å². The molecule has 1 aromatic heterocycles. The van der Waals surface area contributed by atoms with Gasteiger partial charge >= 0.3 is 5.97 Å². The number of nitrogens with one attached hydrogen (secondary N) is 1. The molecule has 0 aliphatic rings. The third kappa shape index (κ3) is 3.39. The van der Waals surface area contributed by atoms with Crippen LogP contribution in [0.5, 0.6) is 0 Å². The number of fused-ring (bicyclic) bond motifs is 1. The van der Waals surface area contributed by atoms with Crippen molar-refractivity contribution in [3.8, 4) is 0 Å². The summed E-state index contributed by atoms with van der Waals surface area (Å²) in [5.74, 6) is -0.808. The molecule has 0 fully saturated rings. The highest BCUT2D eigenvalue weighted by Gasteiger charge is 2.25. The molecule has 1 heterocycles. The first-order valence-corrected chi connectivity index (χ1v) is 6.73. The number of nitrogens with zero attached hydrogens (tertiary/aromatic N) is 1. The van der Waals surface area contributed by atoms with Gasteiger partial charge in [-0.05, 0) is 18.1 Å². The normalized spacial score (nSPS) is 12.4. The third-order valence-corrected chi connectivity index (χ3v) is 3.22. The van der Waals surface area contributed by atoms with Crippen LogP contribution in [0.4, 0.5) is 0 Å². The molecule has 0 radical (unpaired) electrons. The number of ether oxygens (including phenoxy) is 1. The summed E-state index contributed by atoms with van der Waals surface area (Å²) < 4.78 is 9.84. The Balaban J connectivity index is 2.09. The summed E-state index contributed by atoms with van der Waals surface area (Å²) in [6.07, 6.45) is 0.0528. The molecular weight excluding hydrogens is 272 g/mol. The summed E-state index contributed by atoms with van der Waals surface area (Å²) >= 11 is 0. The molecule has 1 atom stereocenters. The molecule has 1 aromatic carbocycles. The lowest BCUT2D eigenvalue weighted by atomic mass is 10.0. The maximum absolute atomic E-state index is 12.1. The molecule has 2 rings (SSSR count). The van der Waals surface area contributed by atoms with Crippen LogP contribution in [0.25, 0.3) is 11.0 Å². The minimum Gasteiger partial charge on any atom is -0.467 e. The fraction of sp³-hybridized carbons (Fsp3) is 0.400. The third-order valence-electron chi connectivity index (χ3n) is 3.22. The van der Waals surface area contributed by atoms with Crippen molar-refractivity contribution in [1.29, 1.82) is 0 Å². The van der Waals surface area contributed by atoms with Gasteiger partial charge in [0.25, 0.3) is 0 Å². The van der Waals surface area contributed by atoms with Gasteiger partial charge < -0.3 is 14.6 Å². The van der Waals surface area contributed by atoms with Crippen LogP contribution in [0.2, 0.25) is 0 Å². The SMILES string of the molecule is COC(=O)C(NC(=O)Cc1noc2ccccc12)C(C)C. The van der Waals surface area contributed by atoms with Crippen molar-refractivity contribution in [2.75, 3.05) is 7.11 Å². The van der Waals surface area contributed by atoms with Gasteiger partial charge in [0.1, 0.15) is 11.7 Å². The monoisotopic (exact) mass is 290 g/mol. The fourth-order valence-corrected chi connectivity index (χ4v) is 2.07. The predicted octanol–water partition coefficient (Wildman–Crippen LogP) is 1.68. The minimum absolute atomic E-state index is 0.0528. The molecule has 2 aromatic rings. The van der Waals surface area contributed by atoms with Crippen molar-refractivity contribution < 1.29 is 18.8 Å². The van der Waals surface area contributed by atoms with Gasteiger partial charge in [-0.3, -0.25) is 4.79 Å². The van der Waals surface area contributed by atoms with E-state index in [1.807, 2.05) is 32.0 Å². The van der Waals surface area contributed by atoms with Crippen molar-refractivity contribution >= 4 is 22.8 Å². The highest BCUT2D eigenvalue weighted by atomic mass is 16.5. The number of rotatable bonds is 5. The molecule has 21 heavy (non-hydrogen) atoms. The quantitative estimate of drug-likeness (QED) is 0.847. The molecular formula is C15H18N2O4. The molecule has 0 aliphatic heterocycles. The summed E-state index contributed by atoms with van der Waals surface area (Å²) in [5.41, 5.74) is 1.18. The Hall–Kier alpha value is -2.37. The standard InChI is InChI=1S/C15H18N2O4/c1-9(2)14(15(19)20-3)16-13(18)8-11-10-6-4-5-7-12(10)21-17-11/h4-7,9,14H,8H2,1-3H3,(H,16,18). The summed E-state index contributed by atoms with van der Waals surface area (Å²) in [7, 11) is 1.30. The molecule has 112 valence electrons. The van der Waals surface area contributed by atoms with Crippen LogP contribution in [0, 0.1) is 5.92 Å². The topological polar surface area (TPSA) is 81.4 Å². The molecule has 0 bridgehead atoms. The Kier molecular flexibility index (Phi) is 4.57. The first-order valence-electron chi connectivity index (χ1n) is 6.73. The van der Waals surface area contributed by atoms with E-state index in [0.717, 1.165) is 5.39 Å². The summed E-state index contributed by atoms with van der Waals surface area (Å²) in [4.78, 5) is 23.7. The molecule has 1 amide bonds. The molecule has 6 heteroatoms. The van der Waals surface area contributed by atoms with Gasteiger partial charge in [0.2, 0.25) is 5.91 Å². The lowest BCUT2D eigenvalue weighted by Crippen LogP contribution is -2.45. The van der Waals surface area contributed by atoms with Gasteiger partial charge in [0, 0.05) is 5.39 Å². The Morgan fingerprint density at radius 3 is 2.71 bits per heavy atom. The largest absolute Gasteiger partial charge is 0.467 e. The number of aromatic nitrogens is 1. The average molecular weight is 290 g/mol. The van der Waals surface area contributed by atoms with Gasteiger partial charge in [-0.25, -0.2) is 4.79 Å². The van der Waals surface area contributed by atoms with Gasteiger partial charge in [0.05, 0.1) is 13.5 Å². The number of methoxy groups -OCH3 is 1. The van der Waals surface area contributed by atoms with Crippen LogP contribution in [0.1, 0.15) is 19.5 Å². The number of para-hydroxylation sites is 1. The van der Waals surface area contributed by atoms with E-state index in [1.165, 1.54) is 7.11 Å². The van der Waals surface area contributed by atoms with Crippen LogP contribution in [-0.2, 0) is 20.7 Å². The van der Waals surface area contributed by atoms with E-state index in [0.29, 0.717) is 11.3 Å². The summed E-state index contributed by atoms with van der Waals surface area (Å²) in [6, 6.07) is 6.65. The predicted molar refractivity (Wildman–Crippen MR) is 76.5 cm³/mol. The van der Waals surface area contributed by atoms with Crippen molar-refractivity contribution in [2.24, 2.45) is 5.92 Å². The Labute approximate surface area is 122 Å². The number of carbonyl (C=O) groups excluding carboxylic acids is 2. The maximum atomic E-state index is 12.1. The number of hydrogen-bond acceptors (Lipinski definition) is 5. The lowest BCUT2D eigenvalue weighted by molar-refractivity contribution is -0.146. The first kappa shape index (κ1) is 15.0. The molecule has 1 N–H and O–H groups in total. The van der Waals surface area contributed by atoms with Crippen LogP contribution >= 0.6 is 0 Å². The van der Waals surface area contributed by atoms with Gasteiger partial charge in [-0.15, -0.1) is 0 Å². The Morgan fingerprint density at radius 2 is 2.05 bits per heavy atom. The van der Waals surface area contributed by atoms with E-state index < -0.39 is 12.0 Å².